The average Bonchev–Trinajstić information content (AvgIpc) is 1.86. The fraction of sp³-hybridized carbons (Fsp3) is 0. The lowest BCUT2D eigenvalue weighted by Gasteiger charge is -2.04. The van der Waals surface area contributed by atoms with Gasteiger partial charge in [0.1, 0.15) is 0 Å². The molecule has 0 aliphatic carbocycles. The molecular formula is C9H7N. The number of hydrogen-bond acceptors (Lipinski definition) is 1. The normalized spacial score (nSPS) is 14.2. The summed E-state index contributed by atoms with van der Waals surface area (Å²) < 4.78 is 0. The van der Waals surface area contributed by atoms with Gasteiger partial charge in [-0.25, -0.2) is 0 Å². The summed E-state index contributed by atoms with van der Waals surface area (Å²) in [6.45, 7) is 0. The molecule has 0 amide bonds. The van der Waals surface area contributed by atoms with Crippen molar-refractivity contribution in [3.05, 3.63) is 42.1 Å². The van der Waals surface area contributed by atoms with Crippen LogP contribution < -0.4 is 0 Å². The molecule has 1 heteroatoms. The Morgan fingerprint density at radius 3 is 2.20 bits per heavy atom. The summed E-state index contributed by atoms with van der Waals surface area (Å²) in [5.74, 6) is 0. The second kappa shape index (κ2) is 2.10. The predicted octanol–water partition coefficient (Wildman–Crippen LogP) is 2.11. The number of allylic oxidation sites excluding steroid dienone is 1. The van der Waals surface area contributed by atoms with Crippen LogP contribution in [0.3, 0.4) is 0 Å². The van der Waals surface area contributed by atoms with Gasteiger partial charge in [-0.15, -0.1) is 0 Å². The number of benzene rings is 1. The molecule has 0 atom stereocenters. The molecule has 0 saturated heterocycles. The molecular weight excluding hydrogens is 122 g/mol. The van der Waals surface area contributed by atoms with Gasteiger partial charge in [0.05, 0.1) is 0 Å². The SMILES string of the molecule is C1=NC=C1c1ccccc1. The van der Waals surface area contributed by atoms with Crippen LogP contribution >= 0.6 is 0 Å². The van der Waals surface area contributed by atoms with E-state index in [9.17, 15) is 0 Å². The predicted molar refractivity (Wildman–Crippen MR) is 42.9 cm³/mol. The largest absolute Gasteiger partial charge is 0.263 e. The molecule has 1 nitrogen and oxygen atoms in total. The molecule has 48 valence electrons. The van der Waals surface area contributed by atoms with Crippen LogP contribution in [0.4, 0.5) is 0 Å². The lowest BCUT2D eigenvalue weighted by Crippen LogP contribution is -1.90. The smallest absolute Gasteiger partial charge is 0.0362 e. The minimum absolute atomic E-state index is 1.22. The van der Waals surface area contributed by atoms with Crippen LogP contribution in [0.25, 0.3) is 5.57 Å². The summed E-state index contributed by atoms with van der Waals surface area (Å²) in [4.78, 5) is 3.89. The molecule has 0 aromatic heterocycles. The van der Waals surface area contributed by atoms with E-state index in [4.69, 9.17) is 0 Å². The van der Waals surface area contributed by atoms with Crippen molar-refractivity contribution in [1.29, 1.82) is 0 Å². The van der Waals surface area contributed by atoms with Crippen molar-refractivity contribution in [1.82, 2.24) is 0 Å². The van der Waals surface area contributed by atoms with E-state index < -0.39 is 0 Å². The van der Waals surface area contributed by atoms with Crippen molar-refractivity contribution in [3.8, 4) is 0 Å². The van der Waals surface area contributed by atoms with Gasteiger partial charge in [-0.2, -0.15) is 0 Å². The molecule has 0 N–H and O–H groups in total. The second-order valence-electron chi connectivity index (χ2n) is 2.23. The van der Waals surface area contributed by atoms with Gasteiger partial charge in [-0.3, -0.25) is 4.99 Å². The maximum Gasteiger partial charge on any atom is 0.0362 e. The number of rotatable bonds is 1. The fourth-order valence-electron chi connectivity index (χ4n) is 0.929. The molecule has 1 aliphatic heterocycles. The third kappa shape index (κ3) is 0.760. The Hall–Kier alpha value is -1.37. The van der Waals surface area contributed by atoms with Crippen LogP contribution in [-0.2, 0) is 0 Å². The first-order valence-electron chi connectivity index (χ1n) is 3.25. The van der Waals surface area contributed by atoms with Gasteiger partial charge in [-0.1, -0.05) is 30.3 Å². The summed E-state index contributed by atoms with van der Waals surface area (Å²) in [7, 11) is 0. The molecule has 10 heavy (non-hydrogen) atoms. The van der Waals surface area contributed by atoms with Gasteiger partial charge in [-0.05, 0) is 5.56 Å². The van der Waals surface area contributed by atoms with Gasteiger partial charge in [0.2, 0.25) is 0 Å². The zero-order valence-corrected chi connectivity index (χ0v) is 5.49. The van der Waals surface area contributed by atoms with Crippen LogP contribution in [0.5, 0.6) is 0 Å². The van der Waals surface area contributed by atoms with Crippen LogP contribution in [-0.4, -0.2) is 6.21 Å². The van der Waals surface area contributed by atoms with Crippen molar-refractivity contribution in [3.63, 3.8) is 0 Å². The second-order valence-corrected chi connectivity index (χ2v) is 2.23. The number of aliphatic imine (C=N–C) groups is 1. The Morgan fingerprint density at radius 1 is 1.00 bits per heavy atom. The highest BCUT2D eigenvalue weighted by Gasteiger charge is 2.00. The highest BCUT2D eigenvalue weighted by Crippen LogP contribution is 2.16. The van der Waals surface area contributed by atoms with Crippen molar-refractivity contribution >= 4 is 11.8 Å². The lowest BCUT2D eigenvalue weighted by atomic mass is 10.1. The molecule has 1 aliphatic rings. The zero-order valence-electron chi connectivity index (χ0n) is 5.49. The highest BCUT2D eigenvalue weighted by molar-refractivity contribution is 6.14. The highest BCUT2D eigenvalue weighted by atomic mass is 14.7. The van der Waals surface area contributed by atoms with Gasteiger partial charge >= 0.3 is 0 Å². The number of nitrogens with zero attached hydrogens (tertiary/aromatic N) is 1. The quantitative estimate of drug-likeness (QED) is 0.550. The van der Waals surface area contributed by atoms with Crippen molar-refractivity contribution < 1.29 is 0 Å². The van der Waals surface area contributed by atoms with E-state index >= 15 is 0 Å². The first-order chi connectivity index (χ1) is 4.97. The Labute approximate surface area is 59.7 Å². The maximum atomic E-state index is 3.89. The molecule has 1 aromatic carbocycles. The molecule has 0 saturated carbocycles. The molecule has 0 spiro atoms. The Morgan fingerprint density at radius 2 is 1.70 bits per heavy atom. The molecule has 1 aromatic rings. The zero-order chi connectivity index (χ0) is 6.81. The topological polar surface area (TPSA) is 12.4 Å². The van der Waals surface area contributed by atoms with E-state index in [0.717, 1.165) is 0 Å². The van der Waals surface area contributed by atoms with E-state index in [2.05, 4.69) is 17.1 Å². The minimum Gasteiger partial charge on any atom is -0.263 e. The summed E-state index contributed by atoms with van der Waals surface area (Å²) in [5.41, 5.74) is 2.47. The average molecular weight is 129 g/mol. The Bertz CT molecular complexity index is 283. The lowest BCUT2D eigenvalue weighted by molar-refractivity contribution is 1.52. The van der Waals surface area contributed by atoms with Crippen LogP contribution in [0, 0.1) is 0 Å². The summed E-state index contributed by atoms with van der Waals surface area (Å²) in [6, 6.07) is 10.2. The van der Waals surface area contributed by atoms with Crippen molar-refractivity contribution in [2.45, 2.75) is 0 Å². The van der Waals surface area contributed by atoms with Gasteiger partial charge in [0.25, 0.3) is 0 Å². The van der Waals surface area contributed by atoms with E-state index in [1.807, 2.05) is 30.6 Å². The molecule has 0 fully saturated rings. The maximum absolute atomic E-state index is 3.89. The third-order valence-corrected chi connectivity index (χ3v) is 1.53. The first kappa shape index (κ1) is 5.42. The van der Waals surface area contributed by atoms with Gasteiger partial charge in [0.15, 0.2) is 0 Å². The van der Waals surface area contributed by atoms with Crippen LogP contribution in [0.1, 0.15) is 5.56 Å². The van der Waals surface area contributed by atoms with Gasteiger partial charge < -0.3 is 0 Å². The van der Waals surface area contributed by atoms with E-state index in [1.54, 1.807) is 0 Å². The molecule has 1 heterocycles. The Balaban J connectivity index is 2.35. The summed E-state index contributed by atoms with van der Waals surface area (Å²) >= 11 is 0. The van der Waals surface area contributed by atoms with Gasteiger partial charge in [0, 0.05) is 18.0 Å². The third-order valence-electron chi connectivity index (χ3n) is 1.53. The van der Waals surface area contributed by atoms with Crippen molar-refractivity contribution in [2.75, 3.05) is 0 Å². The summed E-state index contributed by atoms with van der Waals surface area (Å²) in [6.07, 6.45) is 3.74. The Kier molecular flexibility index (Phi) is 1.14. The van der Waals surface area contributed by atoms with Crippen LogP contribution in [0.15, 0.2) is 41.5 Å². The molecule has 0 bridgehead atoms. The monoisotopic (exact) mass is 129 g/mol. The first-order valence-corrected chi connectivity index (χ1v) is 3.25. The van der Waals surface area contributed by atoms with E-state index in [0.29, 0.717) is 0 Å². The number of hydrogen-bond donors (Lipinski definition) is 0. The fourth-order valence-corrected chi connectivity index (χ4v) is 0.929. The molecule has 0 unspecified atom stereocenters. The van der Waals surface area contributed by atoms with E-state index in [1.165, 1.54) is 11.1 Å². The van der Waals surface area contributed by atoms with Crippen molar-refractivity contribution in [2.24, 2.45) is 4.99 Å². The minimum atomic E-state index is 1.22. The standard InChI is InChI=1S/C9H7N/c1-2-4-8(5-3-1)9-6-10-7-9/h1-7H. The molecule has 0 radical (unpaired) electrons. The van der Waals surface area contributed by atoms with Crippen LogP contribution in [0.2, 0.25) is 0 Å². The summed E-state index contributed by atoms with van der Waals surface area (Å²) in [5, 5.41) is 0. The van der Waals surface area contributed by atoms with E-state index in [-0.39, 0.29) is 0 Å². The molecule has 2 rings (SSSR count).